The minimum Gasteiger partial charge on any atom is -0.460 e. The molecule has 3 fully saturated rings. The molecule has 1 aromatic heterocycles. The van der Waals surface area contributed by atoms with Crippen LogP contribution in [0.5, 0.6) is 0 Å². The number of carbonyl (C=O) groups excluding carboxylic acids is 2. The first-order valence-electron chi connectivity index (χ1n) is 13.1. The van der Waals surface area contributed by atoms with Gasteiger partial charge in [0.25, 0.3) is 0 Å². The first kappa shape index (κ1) is 24.2. The number of hydrogen-bond acceptors (Lipinski definition) is 4. The Morgan fingerprint density at radius 2 is 1.82 bits per heavy atom. The van der Waals surface area contributed by atoms with Gasteiger partial charge >= 0.3 is 5.97 Å². The molecule has 0 radical (unpaired) electrons. The first-order chi connectivity index (χ1) is 15.7. The predicted octanol–water partition coefficient (Wildman–Crippen LogP) is 5.74. The van der Waals surface area contributed by atoms with Gasteiger partial charge in [-0.25, -0.2) is 0 Å². The maximum absolute atomic E-state index is 13.2. The Hall–Kier alpha value is -1.91. The van der Waals surface area contributed by atoms with Gasteiger partial charge in [0.15, 0.2) is 0 Å². The largest absolute Gasteiger partial charge is 0.460 e. The lowest BCUT2D eigenvalue weighted by molar-refractivity contribution is -0.162. The number of ether oxygens (including phenoxy) is 1. The van der Waals surface area contributed by atoms with Crippen LogP contribution in [0, 0.1) is 23.2 Å². The lowest BCUT2D eigenvalue weighted by atomic mass is 9.78. The second kappa shape index (κ2) is 9.76. The van der Waals surface area contributed by atoms with E-state index in [2.05, 4.69) is 22.9 Å². The summed E-state index contributed by atoms with van der Waals surface area (Å²) in [5.74, 6) is 2.20. The van der Waals surface area contributed by atoms with E-state index in [1.54, 1.807) is 0 Å². The third kappa shape index (κ3) is 5.60. The van der Waals surface area contributed by atoms with Crippen molar-refractivity contribution in [2.75, 3.05) is 13.1 Å². The fourth-order valence-electron chi connectivity index (χ4n) is 6.25. The van der Waals surface area contributed by atoms with Crippen LogP contribution in [-0.2, 0) is 14.3 Å². The Balaban J connectivity index is 1.21. The van der Waals surface area contributed by atoms with Crippen molar-refractivity contribution in [3.8, 4) is 0 Å². The number of carbonyl (C=O) groups is 2. The molecule has 2 unspecified atom stereocenters. The third-order valence-corrected chi connectivity index (χ3v) is 8.44. The smallest absolute Gasteiger partial charge is 0.312 e. The summed E-state index contributed by atoms with van der Waals surface area (Å²) in [6, 6.07) is 4.16. The Morgan fingerprint density at radius 1 is 1.12 bits per heavy atom. The normalized spacial score (nSPS) is 30.7. The summed E-state index contributed by atoms with van der Waals surface area (Å²) >= 11 is 0. The van der Waals surface area contributed by atoms with Gasteiger partial charge in [-0.1, -0.05) is 13.0 Å². The zero-order chi connectivity index (χ0) is 23.6. The topological polar surface area (TPSA) is 59.5 Å². The molecule has 1 aliphatic heterocycles. The number of hydrogen-bond donors (Lipinski definition) is 0. The van der Waals surface area contributed by atoms with Crippen LogP contribution in [0.2, 0.25) is 0 Å². The summed E-state index contributed by atoms with van der Waals surface area (Å²) < 4.78 is 5.73. The minimum atomic E-state index is -0.419. The van der Waals surface area contributed by atoms with Gasteiger partial charge in [0, 0.05) is 31.4 Å². The number of pyridine rings is 1. The monoisotopic (exact) mass is 454 g/mol. The van der Waals surface area contributed by atoms with Crippen LogP contribution in [-0.4, -0.2) is 40.5 Å². The second-order valence-corrected chi connectivity index (χ2v) is 11.8. The molecular weight excluding hydrogens is 412 g/mol. The highest BCUT2D eigenvalue weighted by atomic mass is 16.6. The molecule has 3 aliphatic rings. The summed E-state index contributed by atoms with van der Waals surface area (Å²) in [4.78, 5) is 32.3. The number of nitrogens with zero attached hydrogens (tertiary/aromatic N) is 2. The van der Waals surface area contributed by atoms with E-state index in [9.17, 15) is 9.59 Å². The lowest BCUT2D eigenvalue weighted by Crippen LogP contribution is -2.42. The van der Waals surface area contributed by atoms with E-state index in [0.29, 0.717) is 23.7 Å². The molecule has 0 N–H and O–H groups in total. The van der Waals surface area contributed by atoms with Gasteiger partial charge in [-0.3, -0.25) is 14.6 Å². The molecule has 33 heavy (non-hydrogen) atoms. The van der Waals surface area contributed by atoms with Crippen molar-refractivity contribution in [1.29, 1.82) is 0 Å². The zero-order valence-corrected chi connectivity index (χ0v) is 21.0. The van der Waals surface area contributed by atoms with Gasteiger partial charge in [-0.2, -0.15) is 0 Å². The molecule has 2 aliphatic carbocycles. The van der Waals surface area contributed by atoms with E-state index in [4.69, 9.17) is 4.74 Å². The van der Waals surface area contributed by atoms with Gasteiger partial charge < -0.3 is 9.64 Å². The molecule has 5 nitrogen and oxygen atoms in total. The summed E-state index contributed by atoms with van der Waals surface area (Å²) in [5, 5.41) is 0. The third-order valence-electron chi connectivity index (χ3n) is 8.44. The van der Waals surface area contributed by atoms with Crippen molar-refractivity contribution in [1.82, 2.24) is 9.88 Å². The van der Waals surface area contributed by atoms with E-state index >= 15 is 0 Å². The van der Waals surface area contributed by atoms with Crippen molar-refractivity contribution in [2.45, 2.75) is 97.0 Å². The van der Waals surface area contributed by atoms with Gasteiger partial charge in [0.1, 0.15) is 5.60 Å². The number of aromatic nitrogens is 1. The molecule has 1 amide bonds. The predicted molar refractivity (Wildman–Crippen MR) is 130 cm³/mol. The maximum Gasteiger partial charge on any atom is 0.312 e. The van der Waals surface area contributed by atoms with Crippen LogP contribution < -0.4 is 0 Å². The Labute approximate surface area is 199 Å². The van der Waals surface area contributed by atoms with Crippen molar-refractivity contribution >= 4 is 11.9 Å². The molecule has 2 saturated carbocycles. The van der Waals surface area contributed by atoms with Crippen molar-refractivity contribution < 1.29 is 14.3 Å². The molecule has 0 aromatic carbocycles. The molecule has 4 rings (SSSR count). The molecule has 1 saturated heterocycles. The summed E-state index contributed by atoms with van der Waals surface area (Å²) in [6.45, 7) is 9.71. The van der Waals surface area contributed by atoms with Crippen LogP contribution in [0.3, 0.4) is 0 Å². The zero-order valence-electron chi connectivity index (χ0n) is 21.0. The molecule has 1 aromatic rings. The van der Waals surface area contributed by atoms with E-state index in [1.807, 2.05) is 39.2 Å². The fraction of sp³-hybridized carbons (Fsp3) is 0.750. The van der Waals surface area contributed by atoms with Crippen molar-refractivity contribution in [2.24, 2.45) is 23.2 Å². The van der Waals surface area contributed by atoms with Crippen LogP contribution in [0.25, 0.3) is 0 Å². The Kier molecular flexibility index (Phi) is 7.16. The van der Waals surface area contributed by atoms with E-state index in [-0.39, 0.29) is 17.3 Å². The van der Waals surface area contributed by atoms with Crippen molar-refractivity contribution in [3.05, 3.63) is 30.1 Å². The highest BCUT2D eigenvalue weighted by Gasteiger charge is 2.60. The van der Waals surface area contributed by atoms with Gasteiger partial charge in [-0.15, -0.1) is 0 Å². The van der Waals surface area contributed by atoms with E-state index in [1.165, 1.54) is 5.56 Å². The fourth-order valence-corrected chi connectivity index (χ4v) is 6.25. The van der Waals surface area contributed by atoms with Crippen LogP contribution >= 0.6 is 0 Å². The lowest BCUT2D eigenvalue weighted by Gasteiger charge is -2.36. The SMILES string of the molecule is CCC1(C(=O)OC(C)(C)C)CC1CC1CCC(C(=O)N2CCC(c3cccnc3)CC2)CC1. The molecule has 2 heterocycles. The van der Waals surface area contributed by atoms with E-state index < -0.39 is 5.60 Å². The number of amides is 1. The highest BCUT2D eigenvalue weighted by Crippen LogP contribution is 2.60. The maximum atomic E-state index is 13.2. The van der Waals surface area contributed by atoms with Gasteiger partial charge in [0.2, 0.25) is 5.91 Å². The number of piperidine rings is 1. The van der Waals surface area contributed by atoms with Crippen molar-refractivity contribution in [3.63, 3.8) is 0 Å². The average Bonchev–Trinajstić information content (AvgIpc) is 3.53. The Bertz CT molecular complexity index is 817. The molecule has 0 spiro atoms. The second-order valence-electron chi connectivity index (χ2n) is 11.8. The van der Waals surface area contributed by atoms with Crippen LogP contribution in [0.1, 0.15) is 97.0 Å². The van der Waals surface area contributed by atoms with E-state index in [0.717, 1.165) is 70.9 Å². The highest BCUT2D eigenvalue weighted by molar-refractivity contribution is 5.81. The number of rotatable bonds is 6. The molecule has 5 heteroatoms. The molecule has 182 valence electrons. The van der Waals surface area contributed by atoms with Crippen LogP contribution in [0.15, 0.2) is 24.5 Å². The standard InChI is InChI=1S/C28H42N2O3/c1-5-28(26(32)33-27(2,3)4)18-24(28)17-20-8-10-22(11-9-20)25(31)30-15-12-21(13-16-30)23-7-6-14-29-19-23/h6-7,14,19-22,24H,5,8-13,15-18H2,1-4H3. The first-order valence-corrected chi connectivity index (χ1v) is 13.1. The summed E-state index contributed by atoms with van der Waals surface area (Å²) in [5.41, 5.74) is 0.634. The molecular formula is C28H42N2O3. The Morgan fingerprint density at radius 3 is 2.39 bits per heavy atom. The molecule has 0 bridgehead atoms. The number of likely N-dealkylation sites (tertiary alicyclic amines) is 1. The molecule has 2 atom stereocenters. The summed E-state index contributed by atoms with van der Waals surface area (Å²) in [7, 11) is 0. The summed E-state index contributed by atoms with van der Waals surface area (Å²) in [6.07, 6.45) is 13.1. The minimum absolute atomic E-state index is 0.000973. The van der Waals surface area contributed by atoms with Gasteiger partial charge in [-0.05, 0) is 108 Å². The quantitative estimate of drug-likeness (QED) is 0.514. The van der Waals surface area contributed by atoms with Gasteiger partial charge in [0.05, 0.1) is 5.41 Å². The average molecular weight is 455 g/mol. The van der Waals surface area contributed by atoms with Crippen LogP contribution in [0.4, 0.5) is 0 Å². The number of esters is 1.